The maximum atomic E-state index is 5.95. The molecule has 0 spiro atoms. The van der Waals surface area contributed by atoms with Crippen molar-refractivity contribution in [3.8, 4) is 0 Å². The van der Waals surface area contributed by atoms with Gasteiger partial charge in [0.1, 0.15) is 5.84 Å². The largest absolute Gasteiger partial charge is 0.382 e. The number of nitrogens with two attached hydrogens (primary N) is 1. The average Bonchev–Trinajstić information content (AvgIpc) is 2.44. The number of nitrogens with zero attached hydrogens (tertiary/aromatic N) is 2. The molecular weight excluding hydrogens is 254 g/mol. The van der Waals surface area contributed by atoms with E-state index < -0.39 is 0 Å². The molecule has 0 atom stereocenters. The lowest BCUT2D eigenvalue weighted by Crippen LogP contribution is -2.20. The van der Waals surface area contributed by atoms with E-state index in [2.05, 4.69) is 45.4 Å². The van der Waals surface area contributed by atoms with Crippen LogP contribution in [0.15, 0.2) is 27.3 Å². The maximum Gasteiger partial charge on any atom is 0.148 e. The molecule has 0 amide bonds. The lowest BCUT2D eigenvalue weighted by Gasteiger charge is -2.13. The Hall–Kier alpha value is -1.03. The summed E-state index contributed by atoms with van der Waals surface area (Å²) in [4.78, 5) is 4.26. The second-order valence-electron chi connectivity index (χ2n) is 3.87. The van der Waals surface area contributed by atoms with E-state index in [4.69, 9.17) is 5.73 Å². The van der Waals surface area contributed by atoms with Gasteiger partial charge in [-0.3, -0.25) is 0 Å². The van der Waals surface area contributed by atoms with Crippen LogP contribution in [0.1, 0.15) is 24.7 Å². The first-order valence-corrected chi connectivity index (χ1v) is 5.74. The number of allylic oxidation sites excluding steroid dienone is 1. The molecule has 2 heterocycles. The highest BCUT2D eigenvalue weighted by atomic mass is 79.9. The van der Waals surface area contributed by atoms with Gasteiger partial charge in [-0.25, -0.2) is 4.99 Å². The van der Waals surface area contributed by atoms with E-state index in [-0.39, 0.29) is 0 Å². The quantitative estimate of drug-likeness (QED) is 0.772. The van der Waals surface area contributed by atoms with Gasteiger partial charge in [-0.1, -0.05) is 5.57 Å². The van der Waals surface area contributed by atoms with Gasteiger partial charge in [-0.2, -0.15) is 0 Å². The standard InChI is InChI=1S/C11H14BrN3/c1-7-3-4-15-8(2)5-9(12)10(15)11(13)14-6-7/h5-6H,3-4H2,1-2H3,(H2,13,14). The molecule has 1 aliphatic heterocycles. The van der Waals surface area contributed by atoms with Crippen molar-refractivity contribution >= 4 is 21.8 Å². The summed E-state index contributed by atoms with van der Waals surface area (Å²) in [5.41, 5.74) is 9.41. The number of halogens is 1. The maximum absolute atomic E-state index is 5.95. The number of rotatable bonds is 0. The van der Waals surface area contributed by atoms with E-state index in [1.165, 1.54) is 11.3 Å². The van der Waals surface area contributed by atoms with Gasteiger partial charge in [-0.15, -0.1) is 0 Å². The summed E-state index contributed by atoms with van der Waals surface area (Å²) in [5.74, 6) is 0.578. The molecule has 4 heteroatoms. The number of hydrogen-bond donors (Lipinski definition) is 1. The summed E-state index contributed by atoms with van der Waals surface area (Å²) in [5, 5.41) is 0. The van der Waals surface area contributed by atoms with Crippen molar-refractivity contribution in [1.29, 1.82) is 0 Å². The van der Waals surface area contributed by atoms with Crippen LogP contribution >= 0.6 is 15.9 Å². The van der Waals surface area contributed by atoms with Crippen molar-refractivity contribution in [3.05, 3.63) is 33.7 Å². The van der Waals surface area contributed by atoms with Crippen molar-refractivity contribution in [2.24, 2.45) is 10.7 Å². The predicted molar refractivity (Wildman–Crippen MR) is 66.0 cm³/mol. The van der Waals surface area contributed by atoms with Gasteiger partial charge in [0.25, 0.3) is 0 Å². The van der Waals surface area contributed by atoms with E-state index in [1.54, 1.807) is 0 Å². The first-order chi connectivity index (χ1) is 7.09. The Morgan fingerprint density at radius 1 is 1.47 bits per heavy atom. The van der Waals surface area contributed by atoms with Gasteiger partial charge >= 0.3 is 0 Å². The topological polar surface area (TPSA) is 43.3 Å². The molecule has 15 heavy (non-hydrogen) atoms. The Balaban J connectivity index is 2.59. The van der Waals surface area contributed by atoms with Crippen LogP contribution in [0.3, 0.4) is 0 Å². The second kappa shape index (κ2) is 3.85. The highest BCUT2D eigenvalue weighted by Crippen LogP contribution is 2.23. The lowest BCUT2D eigenvalue weighted by atomic mass is 10.2. The molecule has 80 valence electrons. The number of aliphatic imine (C=N–C) groups is 1. The normalized spacial score (nSPS) is 16.2. The van der Waals surface area contributed by atoms with Crippen molar-refractivity contribution in [3.63, 3.8) is 0 Å². The van der Waals surface area contributed by atoms with Gasteiger partial charge < -0.3 is 10.3 Å². The summed E-state index contributed by atoms with van der Waals surface area (Å²) in [7, 11) is 0. The van der Waals surface area contributed by atoms with Crippen molar-refractivity contribution < 1.29 is 0 Å². The number of hydrogen-bond acceptors (Lipinski definition) is 2. The Bertz CT molecular complexity index is 455. The molecule has 0 saturated heterocycles. The molecule has 0 fully saturated rings. The third-order valence-corrected chi connectivity index (χ3v) is 3.26. The molecule has 1 aromatic heterocycles. The molecule has 0 radical (unpaired) electrons. The minimum absolute atomic E-state index is 0.578. The minimum atomic E-state index is 0.578. The van der Waals surface area contributed by atoms with Gasteiger partial charge in [0.15, 0.2) is 0 Å². The monoisotopic (exact) mass is 267 g/mol. The van der Waals surface area contributed by atoms with E-state index in [0.29, 0.717) is 5.84 Å². The molecule has 2 rings (SSSR count). The summed E-state index contributed by atoms with van der Waals surface area (Å²) >= 11 is 3.52. The summed E-state index contributed by atoms with van der Waals surface area (Å²) in [6.45, 7) is 5.13. The van der Waals surface area contributed by atoms with Gasteiger partial charge in [-0.05, 0) is 42.3 Å². The highest BCUT2D eigenvalue weighted by Gasteiger charge is 2.15. The molecule has 1 aromatic rings. The molecule has 3 nitrogen and oxygen atoms in total. The zero-order valence-electron chi connectivity index (χ0n) is 8.92. The van der Waals surface area contributed by atoms with Crippen LogP contribution in [-0.4, -0.2) is 10.4 Å². The Kier molecular flexibility index (Phi) is 2.69. The number of aryl methyl sites for hydroxylation is 1. The molecular formula is C11H14BrN3. The molecule has 1 aliphatic rings. The zero-order chi connectivity index (χ0) is 11.0. The van der Waals surface area contributed by atoms with Gasteiger partial charge in [0.05, 0.1) is 5.69 Å². The lowest BCUT2D eigenvalue weighted by molar-refractivity contribution is 0.668. The van der Waals surface area contributed by atoms with Crippen LogP contribution in [0.5, 0.6) is 0 Å². The fraction of sp³-hybridized carbons (Fsp3) is 0.364. The SMILES string of the molecule is CC1=CN=C(N)c2c(Br)cc(C)n2CC1. The van der Waals surface area contributed by atoms with Crippen molar-refractivity contribution in [2.45, 2.75) is 26.8 Å². The van der Waals surface area contributed by atoms with Gasteiger partial charge in [0, 0.05) is 22.9 Å². The van der Waals surface area contributed by atoms with Crippen LogP contribution in [0.4, 0.5) is 0 Å². The molecule has 2 N–H and O–H groups in total. The predicted octanol–water partition coefficient (Wildman–Crippen LogP) is 2.57. The van der Waals surface area contributed by atoms with Gasteiger partial charge in [0.2, 0.25) is 0 Å². The summed E-state index contributed by atoms with van der Waals surface area (Å²) in [6.07, 6.45) is 2.87. The Morgan fingerprint density at radius 3 is 2.93 bits per heavy atom. The third kappa shape index (κ3) is 1.86. The zero-order valence-corrected chi connectivity index (χ0v) is 10.5. The number of fused-ring (bicyclic) bond motifs is 1. The Morgan fingerprint density at radius 2 is 2.20 bits per heavy atom. The van der Waals surface area contributed by atoms with E-state index >= 15 is 0 Å². The van der Waals surface area contributed by atoms with Crippen LogP contribution in [0, 0.1) is 6.92 Å². The molecule has 0 aliphatic carbocycles. The first-order valence-electron chi connectivity index (χ1n) is 4.94. The minimum Gasteiger partial charge on any atom is -0.382 e. The third-order valence-electron chi connectivity index (χ3n) is 2.65. The Labute approximate surface area is 97.8 Å². The molecule has 0 aromatic carbocycles. The van der Waals surface area contributed by atoms with Crippen LogP contribution < -0.4 is 5.73 Å². The average molecular weight is 268 g/mol. The summed E-state index contributed by atoms with van der Waals surface area (Å²) in [6, 6.07) is 2.08. The molecule has 0 unspecified atom stereocenters. The van der Waals surface area contributed by atoms with E-state index in [0.717, 1.165) is 23.1 Å². The summed E-state index contributed by atoms with van der Waals surface area (Å²) < 4.78 is 3.23. The van der Waals surface area contributed by atoms with Crippen molar-refractivity contribution in [1.82, 2.24) is 4.57 Å². The molecule has 0 bridgehead atoms. The van der Waals surface area contributed by atoms with E-state index in [1.807, 2.05) is 6.20 Å². The fourth-order valence-corrected chi connectivity index (χ4v) is 2.53. The highest BCUT2D eigenvalue weighted by molar-refractivity contribution is 9.10. The number of amidine groups is 1. The number of aromatic nitrogens is 1. The first kappa shape index (κ1) is 10.5. The van der Waals surface area contributed by atoms with Crippen LogP contribution in [0.25, 0.3) is 0 Å². The second-order valence-corrected chi connectivity index (χ2v) is 4.73. The smallest absolute Gasteiger partial charge is 0.148 e. The molecule has 0 saturated carbocycles. The van der Waals surface area contributed by atoms with Crippen LogP contribution in [0.2, 0.25) is 0 Å². The van der Waals surface area contributed by atoms with E-state index in [9.17, 15) is 0 Å². The van der Waals surface area contributed by atoms with Crippen molar-refractivity contribution in [2.75, 3.05) is 0 Å². The fourth-order valence-electron chi connectivity index (χ4n) is 1.78. The van der Waals surface area contributed by atoms with Crippen LogP contribution in [-0.2, 0) is 6.54 Å².